The summed E-state index contributed by atoms with van der Waals surface area (Å²) in [7, 11) is 0. The summed E-state index contributed by atoms with van der Waals surface area (Å²) in [6.07, 6.45) is 0. The van der Waals surface area contributed by atoms with Crippen LogP contribution in [0, 0.1) is 0 Å². The van der Waals surface area contributed by atoms with Crippen LogP contribution < -0.4 is 10.6 Å². The molecule has 0 atom stereocenters. The predicted octanol–water partition coefficient (Wildman–Crippen LogP) is 4.30. The monoisotopic (exact) mass is 390 g/mol. The van der Waals surface area contributed by atoms with Gasteiger partial charge in [0.15, 0.2) is 5.75 Å². The van der Waals surface area contributed by atoms with Crippen LogP contribution >= 0.6 is 23.2 Å². The Morgan fingerprint density at radius 3 is 2.31 bits per heavy atom. The second-order valence-corrected chi connectivity index (χ2v) is 6.21. The van der Waals surface area contributed by atoms with E-state index in [0.717, 1.165) is 5.56 Å². The van der Waals surface area contributed by atoms with E-state index in [0.29, 0.717) is 29.7 Å². The van der Waals surface area contributed by atoms with Crippen LogP contribution in [0.4, 0.5) is 17.5 Å². The summed E-state index contributed by atoms with van der Waals surface area (Å²) in [4.78, 5) is 8.85. The van der Waals surface area contributed by atoms with Gasteiger partial charge in [0.25, 0.3) is 0 Å². The van der Waals surface area contributed by atoms with Gasteiger partial charge in [-0.3, -0.25) is 0 Å². The van der Waals surface area contributed by atoms with Gasteiger partial charge in [0.05, 0.1) is 22.3 Å². The SMILES string of the molecule is OCCNc1nc(Nc2cc(Cl)c(O)c(Cl)c2)cc(-c2ccccc2)n1. The Bertz CT molecular complexity index is 884. The molecule has 0 bridgehead atoms. The van der Waals surface area contributed by atoms with Crippen LogP contribution in [-0.4, -0.2) is 33.3 Å². The molecule has 26 heavy (non-hydrogen) atoms. The van der Waals surface area contributed by atoms with Crippen molar-refractivity contribution in [1.29, 1.82) is 0 Å². The van der Waals surface area contributed by atoms with Crippen molar-refractivity contribution in [3.63, 3.8) is 0 Å². The van der Waals surface area contributed by atoms with Crippen LogP contribution in [0.5, 0.6) is 5.75 Å². The summed E-state index contributed by atoms with van der Waals surface area (Å²) in [6.45, 7) is 0.291. The molecule has 0 fully saturated rings. The van der Waals surface area contributed by atoms with Crippen molar-refractivity contribution in [2.24, 2.45) is 0 Å². The molecule has 0 saturated carbocycles. The first kappa shape index (κ1) is 18.3. The molecule has 0 aliphatic carbocycles. The lowest BCUT2D eigenvalue weighted by Gasteiger charge is -2.12. The number of aromatic hydroxyl groups is 1. The van der Waals surface area contributed by atoms with Crippen molar-refractivity contribution >= 4 is 40.7 Å². The topological polar surface area (TPSA) is 90.3 Å². The normalized spacial score (nSPS) is 10.6. The van der Waals surface area contributed by atoms with Crippen molar-refractivity contribution in [3.8, 4) is 17.0 Å². The Kier molecular flexibility index (Phi) is 5.78. The Morgan fingerprint density at radius 1 is 0.962 bits per heavy atom. The highest BCUT2D eigenvalue weighted by molar-refractivity contribution is 6.37. The number of hydrogen-bond donors (Lipinski definition) is 4. The molecule has 3 aromatic rings. The second-order valence-electron chi connectivity index (χ2n) is 5.39. The highest BCUT2D eigenvalue weighted by atomic mass is 35.5. The van der Waals surface area contributed by atoms with Crippen LogP contribution in [0.25, 0.3) is 11.3 Å². The van der Waals surface area contributed by atoms with E-state index in [1.807, 2.05) is 30.3 Å². The molecule has 2 aromatic carbocycles. The highest BCUT2D eigenvalue weighted by Crippen LogP contribution is 2.35. The van der Waals surface area contributed by atoms with Crippen LogP contribution in [0.15, 0.2) is 48.5 Å². The van der Waals surface area contributed by atoms with E-state index in [1.165, 1.54) is 0 Å². The minimum Gasteiger partial charge on any atom is -0.505 e. The maximum Gasteiger partial charge on any atom is 0.225 e. The third-order valence-electron chi connectivity index (χ3n) is 3.48. The zero-order valence-corrected chi connectivity index (χ0v) is 15.1. The minimum atomic E-state index is -0.170. The zero-order chi connectivity index (χ0) is 18.5. The molecular weight excluding hydrogens is 375 g/mol. The molecule has 0 radical (unpaired) electrons. The fraction of sp³-hybridized carbons (Fsp3) is 0.111. The molecule has 0 spiro atoms. The van der Waals surface area contributed by atoms with Crippen molar-refractivity contribution < 1.29 is 10.2 Å². The molecule has 4 N–H and O–H groups in total. The third kappa shape index (κ3) is 4.35. The summed E-state index contributed by atoms with van der Waals surface area (Å²) < 4.78 is 0. The van der Waals surface area contributed by atoms with Crippen LogP contribution in [0.2, 0.25) is 10.0 Å². The Hall–Kier alpha value is -2.54. The molecule has 6 nitrogen and oxygen atoms in total. The van der Waals surface area contributed by atoms with E-state index in [2.05, 4.69) is 20.6 Å². The molecule has 0 unspecified atom stereocenters. The molecule has 134 valence electrons. The first-order valence-electron chi connectivity index (χ1n) is 7.81. The van der Waals surface area contributed by atoms with Crippen molar-refractivity contribution in [3.05, 3.63) is 58.6 Å². The number of nitrogens with zero attached hydrogens (tertiary/aromatic N) is 2. The van der Waals surface area contributed by atoms with Crippen LogP contribution in [-0.2, 0) is 0 Å². The Balaban J connectivity index is 1.97. The number of phenols is 1. The average molecular weight is 391 g/mol. The van der Waals surface area contributed by atoms with Crippen LogP contribution in [0.1, 0.15) is 0 Å². The van der Waals surface area contributed by atoms with Crippen molar-refractivity contribution in [2.45, 2.75) is 0 Å². The number of hydrogen-bond acceptors (Lipinski definition) is 6. The number of halogens is 2. The van der Waals surface area contributed by atoms with Gasteiger partial charge in [-0.2, -0.15) is 4.98 Å². The van der Waals surface area contributed by atoms with Gasteiger partial charge in [0.2, 0.25) is 5.95 Å². The number of anilines is 3. The maximum atomic E-state index is 9.68. The largest absolute Gasteiger partial charge is 0.505 e. The maximum absolute atomic E-state index is 9.68. The molecule has 1 aromatic heterocycles. The average Bonchev–Trinajstić information content (AvgIpc) is 2.65. The first-order valence-corrected chi connectivity index (χ1v) is 8.56. The van der Waals surface area contributed by atoms with E-state index in [4.69, 9.17) is 28.3 Å². The standard InChI is InChI=1S/C18H16Cl2N4O2/c19-13-8-12(9-14(20)17(13)26)22-16-10-15(11-4-2-1-3-5-11)23-18(24-16)21-6-7-25/h1-5,8-10,25-26H,6-7H2,(H2,21,22,23,24). The van der Waals surface area contributed by atoms with E-state index >= 15 is 0 Å². The molecule has 0 aliphatic rings. The quantitative estimate of drug-likeness (QED) is 0.469. The van der Waals surface area contributed by atoms with Gasteiger partial charge in [0.1, 0.15) is 5.82 Å². The summed E-state index contributed by atoms with van der Waals surface area (Å²) in [5.41, 5.74) is 2.20. The molecular formula is C18H16Cl2N4O2. The third-order valence-corrected chi connectivity index (χ3v) is 4.06. The molecule has 0 aliphatic heterocycles. The van der Waals surface area contributed by atoms with E-state index < -0.39 is 0 Å². The number of aliphatic hydroxyl groups is 1. The molecule has 0 amide bonds. The lowest BCUT2D eigenvalue weighted by Crippen LogP contribution is -2.10. The van der Waals surface area contributed by atoms with E-state index in [1.54, 1.807) is 18.2 Å². The summed E-state index contributed by atoms with van der Waals surface area (Å²) >= 11 is 11.9. The first-order chi connectivity index (χ1) is 12.6. The van der Waals surface area contributed by atoms with Crippen molar-refractivity contribution in [2.75, 3.05) is 23.8 Å². The fourth-order valence-electron chi connectivity index (χ4n) is 2.30. The summed E-state index contributed by atoms with van der Waals surface area (Å²) in [5, 5.41) is 25.0. The van der Waals surface area contributed by atoms with Gasteiger partial charge in [0, 0.05) is 23.9 Å². The van der Waals surface area contributed by atoms with Gasteiger partial charge >= 0.3 is 0 Å². The van der Waals surface area contributed by atoms with Gasteiger partial charge in [-0.05, 0) is 12.1 Å². The highest BCUT2D eigenvalue weighted by Gasteiger charge is 2.10. The number of aliphatic hydroxyl groups excluding tert-OH is 1. The number of phenolic OH excluding ortho intramolecular Hbond substituents is 1. The molecule has 3 rings (SSSR count). The number of nitrogens with one attached hydrogen (secondary N) is 2. The number of aromatic nitrogens is 2. The second kappa shape index (κ2) is 8.23. The van der Waals surface area contributed by atoms with E-state index in [-0.39, 0.29) is 22.4 Å². The predicted molar refractivity (Wildman–Crippen MR) is 104 cm³/mol. The van der Waals surface area contributed by atoms with E-state index in [9.17, 15) is 5.11 Å². The van der Waals surface area contributed by atoms with Gasteiger partial charge in [-0.25, -0.2) is 4.98 Å². The van der Waals surface area contributed by atoms with Gasteiger partial charge < -0.3 is 20.8 Å². The Labute approximate surface area is 160 Å². The number of benzene rings is 2. The zero-order valence-electron chi connectivity index (χ0n) is 13.6. The molecule has 0 saturated heterocycles. The minimum absolute atomic E-state index is 0.0368. The molecule has 8 heteroatoms. The van der Waals surface area contributed by atoms with Gasteiger partial charge in [-0.15, -0.1) is 0 Å². The summed E-state index contributed by atoms with van der Waals surface area (Å²) in [5.74, 6) is 0.716. The lowest BCUT2D eigenvalue weighted by molar-refractivity contribution is 0.311. The van der Waals surface area contributed by atoms with Crippen LogP contribution in [0.3, 0.4) is 0 Å². The lowest BCUT2D eigenvalue weighted by atomic mass is 10.1. The van der Waals surface area contributed by atoms with Gasteiger partial charge in [-0.1, -0.05) is 53.5 Å². The fourth-order valence-corrected chi connectivity index (χ4v) is 2.79. The smallest absolute Gasteiger partial charge is 0.225 e. The Morgan fingerprint density at radius 2 is 1.65 bits per heavy atom. The summed E-state index contributed by atoms with van der Waals surface area (Å²) in [6, 6.07) is 14.5. The molecule has 1 heterocycles. The number of rotatable bonds is 6. The van der Waals surface area contributed by atoms with Crippen molar-refractivity contribution in [1.82, 2.24) is 9.97 Å².